The second-order valence-corrected chi connectivity index (χ2v) is 9.60. The van der Waals surface area contributed by atoms with Crippen LogP contribution in [0.3, 0.4) is 0 Å². The van der Waals surface area contributed by atoms with Gasteiger partial charge in [0.1, 0.15) is 11.9 Å². The first-order valence-corrected chi connectivity index (χ1v) is 13.2. The number of carbonyl (C=O) groups is 2. The fourth-order valence-electron chi connectivity index (χ4n) is 4.87. The Morgan fingerprint density at radius 1 is 0.921 bits per heavy atom. The predicted octanol–water partition coefficient (Wildman–Crippen LogP) is 5.30. The Morgan fingerprint density at radius 3 is 2.29 bits per heavy atom. The quantitative estimate of drug-likeness (QED) is 0.374. The largest absolute Gasteiger partial charge is 0.493 e. The molecule has 6 nitrogen and oxygen atoms in total. The van der Waals surface area contributed by atoms with Crippen LogP contribution in [-0.4, -0.2) is 42.5 Å². The molecule has 1 fully saturated rings. The van der Waals surface area contributed by atoms with Crippen LogP contribution in [0.4, 0.5) is 4.39 Å². The van der Waals surface area contributed by atoms with Gasteiger partial charge in [0, 0.05) is 24.6 Å². The van der Waals surface area contributed by atoms with E-state index in [0.717, 1.165) is 37.7 Å². The van der Waals surface area contributed by atoms with E-state index < -0.39 is 17.8 Å². The van der Waals surface area contributed by atoms with Gasteiger partial charge in [-0.3, -0.25) is 9.59 Å². The molecule has 0 aromatic heterocycles. The molecule has 0 saturated heterocycles. The summed E-state index contributed by atoms with van der Waals surface area (Å²) in [6.07, 6.45) is 5.44. The van der Waals surface area contributed by atoms with E-state index in [2.05, 4.69) is 5.32 Å². The van der Waals surface area contributed by atoms with Gasteiger partial charge in [0.15, 0.2) is 18.1 Å². The fraction of sp³-hybridized carbons (Fsp3) is 0.355. The molecule has 1 aliphatic carbocycles. The number of methoxy groups -OCH3 is 1. The lowest BCUT2D eigenvalue weighted by Gasteiger charge is -2.33. The SMILES string of the molecule is COc1ccccc1OCC(=O)N(Cc1ccccc1F)C(Cc1ccccc1)C(=O)NC1CCCCC1. The number of hydrogen-bond acceptors (Lipinski definition) is 4. The van der Waals surface area contributed by atoms with Crippen molar-refractivity contribution in [3.05, 3.63) is 95.8 Å². The van der Waals surface area contributed by atoms with Crippen LogP contribution < -0.4 is 14.8 Å². The van der Waals surface area contributed by atoms with Crippen molar-refractivity contribution in [3.8, 4) is 11.5 Å². The van der Waals surface area contributed by atoms with Crippen molar-refractivity contribution < 1.29 is 23.5 Å². The zero-order valence-electron chi connectivity index (χ0n) is 21.8. The minimum Gasteiger partial charge on any atom is -0.493 e. The topological polar surface area (TPSA) is 67.9 Å². The molecule has 1 aliphatic rings. The smallest absolute Gasteiger partial charge is 0.261 e. The van der Waals surface area contributed by atoms with E-state index in [4.69, 9.17) is 9.47 Å². The van der Waals surface area contributed by atoms with Crippen LogP contribution in [-0.2, 0) is 22.6 Å². The summed E-state index contributed by atoms with van der Waals surface area (Å²) in [6.45, 7) is -0.382. The van der Waals surface area contributed by atoms with Crippen LogP contribution in [0.1, 0.15) is 43.2 Å². The number of hydrogen-bond donors (Lipinski definition) is 1. The first-order valence-electron chi connectivity index (χ1n) is 13.2. The highest BCUT2D eigenvalue weighted by molar-refractivity contribution is 5.88. The number of rotatable bonds is 11. The summed E-state index contributed by atoms with van der Waals surface area (Å²) in [5.41, 5.74) is 1.25. The summed E-state index contributed by atoms with van der Waals surface area (Å²) in [6, 6.07) is 22.2. The first kappa shape index (κ1) is 27.2. The number of nitrogens with zero attached hydrogens (tertiary/aromatic N) is 1. The van der Waals surface area contributed by atoms with Gasteiger partial charge in [-0.2, -0.15) is 0 Å². The molecule has 200 valence electrons. The predicted molar refractivity (Wildman–Crippen MR) is 144 cm³/mol. The van der Waals surface area contributed by atoms with Crippen molar-refractivity contribution in [3.63, 3.8) is 0 Å². The third kappa shape index (κ3) is 7.34. The van der Waals surface area contributed by atoms with E-state index in [1.54, 1.807) is 36.4 Å². The molecule has 4 rings (SSSR count). The highest BCUT2D eigenvalue weighted by Gasteiger charge is 2.32. The van der Waals surface area contributed by atoms with Crippen molar-refractivity contribution in [2.45, 2.75) is 57.2 Å². The molecule has 2 amide bonds. The van der Waals surface area contributed by atoms with Crippen molar-refractivity contribution in [2.24, 2.45) is 0 Å². The van der Waals surface area contributed by atoms with Gasteiger partial charge >= 0.3 is 0 Å². The molecular weight excluding hydrogens is 483 g/mol. The molecule has 0 bridgehead atoms. The Balaban J connectivity index is 1.63. The number of amides is 2. The zero-order valence-corrected chi connectivity index (χ0v) is 21.8. The minimum atomic E-state index is -0.840. The van der Waals surface area contributed by atoms with Gasteiger partial charge in [0.25, 0.3) is 5.91 Å². The maximum absolute atomic E-state index is 14.7. The van der Waals surface area contributed by atoms with E-state index in [-0.39, 0.29) is 25.1 Å². The lowest BCUT2D eigenvalue weighted by molar-refractivity contribution is -0.143. The molecule has 7 heteroatoms. The first-order chi connectivity index (χ1) is 18.5. The van der Waals surface area contributed by atoms with Gasteiger partial charge in [0.05, 0.1) is 7.11 Å². The average Bonchev–Trinajstić information content (AvgIpc) is 2.95. The lowest BCUT2D eigenvalue weighted by Crippen LogP contribution is -2.53. The molecule has 1 atom stereocenters. The summed E-state index contributed by atoms with van der Waals surface area (Å²) in [5.74, 6) is -0.166. The maximum atomic E-state index is 14.7. The van der Waals surface area contributed by atoms with Crippen LogP contribution in [0.25, 0.3) is 0 Å². The maximum Gasteiger partial charge on any atom is 0.261 e. The number of nitrogens with one attached hydrogen (secondary N) is 1. The zero-order chi connectivity index (χ0) is 26.7. The molecule has 0 aliphatic heterocycles. The second-order valence-electron chi connectivity index (χ2n) is 9.60. The molecule has 1 saturated carbocycles. The second kappa shape index (κ2) is 13.6. The third-order valence-electron chi connectivity index (χ3n) is 6.94. The summed E-state index contributed by atoms with van der Waals surface area (Å²) in [4.78, 5) is 28.9. The van der Waals surface area contributed by atoms with E-state index in [0.29, 0.717) is 23.5 Å². The molecule has 3 aromatic rings. The number of carbonyl (C=O) groups excluding carboxylic acids is 2. The third-order valence-corrected chi connectivity index (χ3v) is 6.94. The summed E-state index contributed by atoms with van der Waals surface area (Å²) in [5, 5.41) is 3.18. The van der Waals surface area contributed by atoms with Gasteiger partial charge in [0.2, 0.25) is 5.91 Å². The molecule has 0 spiro atoms. The number of benzene rings is 3. The van der Waals surface area contributed by atoms with E-state index >= 15 is 0 Å². The monoisotopic (exact) mass is 518 g/mol. The molecule has 0 heterocycles. The minimum absolute atomic E-state index is 0.0591. The number of para-hydroxylation sites is 2. The highest BCUT2D eigenvalue weighted by atomic mass is 19.1. The van der Waals surface area contributed by atoms with Crippen LogP contribution in [0.2, 0.25) is 0 Å². The van der Waals surface area contributed by atoms with E-state index in [1.807, 2.05) is 36.4 Å². The molecular formula is C31H35FN2O4. The van der Waals surface area contributed by atoms with Crippen molar-refractivity contribution >= 4 is 11.8 Å². The van der Waals surface area contributed by atoms with Gasteiger partial charge in [-0.15, -0.1) is 0 Å². The number of halogens is 1. The van der Waals surface area contributed by atoms with Crippen molar-refractivity contribution in [1.29, 1.82) is 0 Å². The Labute approximate surface area is 223 Å². The molecule has 38 heavy (non-hydrogen) atoms. The normalized spacial score (nSPS) is 14.4. The van der Waals surface area contributed by atoms with Gasteiger partial charge in [-0.1, -0.05) is 79.9 Å². The average molecular weight is 519 g/mol. The molecule has 3 aromatic carbocycles. The van der Waals surface area contributed by atoms with Gasteiger partial charge in [-0.25, -0.2) is 4.39 Å². The standard InChI is InChI=1S/C31H35FN2O4/c1-37-28-18-10-11-19-29(28)38-22-30(35)34(21-24-14-8-9-17-26(24)32)27(20-23-12-4-2-5-13-23)31(36)33-25-15-6-3-7-16-25/h2,4-5,8-14,17-19,25,27H,3,6-7,15-16,20-22H2,1H3,(H,33,36). The summed E-state index contributed by atoms with van der Waals surface area (Å²) >= 11 is 0. The Hall–Kier alpha value is -3.87. The van der Waals surface area contributed by atoms with Gasteiger partial charge < -0.3 is 19.7 Å². The molecule has 1 unspecified atom stereocenters. The van der Waals surface area contributed by atoms with Gasteiger partial charge in [-0.05, 0) is 36.6 Å². The number of ether oxygens (including phenoxy) is 2. The van der Waals surface area contributed by atoms with Crippen LogP contribution >= 0.6 is 0 Å². The summed E-state index contributed by atoms with van der Waals surface area (Å²) < 4.78 is 25.9. The van der Waals surface area contributed by atoms with E-state index in [9.17, 15) is 14.0 Å². The van der Waals surface area contributed by atoms with Crippen LogP contribution in [0, 0.1) is 5.82 Å². The van der Waals surface area contributed by atoms with Crippen molar-refractivity contribution in [1.82, 2.24) is 10.2 Å². The summed E-state index contributed by atoms with van der Waals surface area (Å²) in [7, 11) is 1.53. The highest BCUT2D eigenvalue weighted by Crippen LogP contribution is 2.26. The lowest BCUT2D eigenvalue weighted by atomic mass is 9.94. The molecule has 0 radical (unpaired) electrons. The van der Waals surface area contributed by atoms with E-state index in [1.165, 1.54) is 18.1 Å². The molecule has 1 N–H and O–H groups in total. The Morgan fingerprint density at radius 2 is 1.58 bits per heavy atom. The Bertz CT molecular complexity index is 1200. The fourth-order valence-corrected chi connectivity index (χ4v) is 4.87. The van der Waals surface area contributed by atoms with Crippen LogP contribution in [0.15, 0.2) is 78.9 Å². The Kier molecular flexibility index (Phi) is 9.73. The van der Waals surface area contributed by atoms with Crippen molar-refractivity contribution in [2.75, 3.05) is 13.7 Å². The van der Waals surface area contributed by atoms with Crippen LogP contribution in [0.5, 0.6) is 11.5 Å².